The SMILES string of the molecule is O=C1CSC2(CCN(Cc3ccccc3)CC2)N1Cc1ccccn1. The lowest BCUT2D eigenvalue weighted by atomic mass is 10.0. The zero-order chi connectivity index (χ0) is 17.1. The van der Waals surface area contributed by atoms with E-state index in [0.717, 1.165) is 38.2 Å². The molecule has 4 rings (SSSR count). The third kappa shape index (κ3) is 3.58. The van der Waals surface area contributed by atoms with E-state index in [4.69, 9.17) is 0 Å². The lowest BCUT2D eigenvalue weighted by molar-refractivity contribution is -0.132. The molecule has 0 saturated carbocycles. The van der Waals surface area contributed by atoms with Crippen LogP contribution in [0.3, 0.4) is 0 Å². The molecule has 4 nitrogen and oxygen atoms in total. The molecule has 0 bridgehead atoms. The zero-order valence-electron chi connectivity index (χ0n) is 14.3. The molecule has 0 aliphatic carbocycles. The first-order valence-corrected chi connectivity index (χ1v) is 9.84. The largest absolute Gasteiger partial charge is 0.321 e. The summed E-state index contributed by atoms with van der Waals surface area (Å²) < 4.78 is 0. The van der Waals surface area contributed by atoms with Crippen LogP contribution in [0.15, 0.2) is 54.7 Å². The van der Waals surface area contributed by atoms with Gasteiger partial charge in [0.25, 0.3) is 0 Å². The van der Waals surface area contributed by atoms with Gasteiger partial charge in [-0.15, -0.1) is 11.8 Å². The Labute approximate surface area is 153 Å². The molecule has 2 aromatic rings. The predicted octanol–water partition coefficient (Wildman–Crippen LogP) is 3.15. The average molecular weight is 353 g/mol. The third-order valence-electron chi connectivity index (χ3n) is 5.19. The number of hydrogen-bond donors (Lipinski definition) is 0. The van der Waals surface area contributed by atoms with E-state index in [-0.39, 0.29) is 10.8 Å². The van der Waals surface area contributed by atoms with Crippen LogP contribution in [0.25, 0.3) is 0 Å². The van der Waals surface area contributed by atoms with Crippen LogP contribution < -0.4 is 0 Å². The van der Waals surface area contributed by atoms with Crippen molar-refractivity contribution in [3.63, 3.8) is 0 Å². The Balaban J connectivity index is 1.42. The van der Waals surface area contributed by atoms with Crippen molar-refractivity contribution in [1.29, 1.82) is 0 Å². The zero-order valence-corrected chi connectivity index (χ0v) is 15.1. The fraction of sp³-hybridized carbons (Fsp3) is 0.400. The van der Waals surface area contributed by atoms with E-state index in [9.17, 15) is 4.79 Å². The number of rotatable bonds is 4. The molecule has 1 spiro atoms. The van der Waals surface area contributed by atoms with E-state index in [1.807, 2.05) is 30.0 Å². The van der Waals surface area contributed by atoms with Crippen LogP contribution in [-0.2, 0) is 17.9 Å². The Morgan fingerprint density at radius 3 is 2.48 bits per heavy atom. The molecule has 0 radical (unpaired) electrons. The highest BCUT2D eigenvalue weighted by Crippen LogP contribution is 2.45. The van der Waals surface area contributed by atoms with Crippen molar-refractivity contribution in [3.05, 3.63) is 66.0 Å². The van der Waals surface area contributed by atoms with Crippen LogP contribution in [0.5, 0.6) is 0 Å². The van der Waals surface area contributed by atoms with Gasteiger partial charge < -0.3 is 4.90 Å². The molecule has 0 N–H and O–H groups in total. The summed E-state index contributed by atoms with van der Waals surface area (Å²) in [7, 11) is 0. The number of hydrogen-bond acceptors (Lipinski definition) is 4. The number of piperidine rings is 1. The molecule has 0 atom stereocenters. The third-order valence-corrected chi connectivity index (χ3v) is 6.75. The van der Waals surface area contributed by atoms with Crippen LogP contribution >= 0.6 is 11.8 Å². The number of amides is 1. The lowest BCUT2D eigenvalue weighted by Gasteiger charge is -2.44. The summed E-state index contributed by atoms with van der Waals surface area (Å²) >= 11 is 1.83. The standard InChI is InChI=1S/C20H23N3OS/c24-19-16-25-20(23(19)15-18-8-4-5-11-21-18)9-12-22(13-10-20)14-17-6-2-1-3-7-17/h1-8,11H,9-10,12-16H2. The van der Waals surface area contributed by atoms with Gasteiger partial charge in [0.2, 0.25) is 5.91 Å². The summed E-state index contributed by atoms with van der Waals surface area (Å²) in [5, 5.41) is 0. The Morgan fingerprint density at radius 1 is 1.00 bits per heavy atom. The molecular weight excluding hydrogens is 330 g/mol. The summed E-state index contributed by atoms with van der Waals surface area (Å²) in [4.78, 5) is 21.4. The van der Waals surface area contributed by atoms with E-state index in [2.05, 4.69) is 45.1 Å². The first-order valence-electron chi connectivity index (χ1n) is 8.86. The molecule has 5 heteroatoms. The maximum Gasteiger partial charge on any atom is 0.234 e. The van der Waals surface area contributed by atoms with Crippen molar-refractivity contribution in [1.82, 2.24) is 14.8 Å². The van der Waals surface area contributed by atoms with Crippen molar-refractivity contribution in [2.75, 3.05) is 18.8 Å². The fourth-order valence-electron chi connectivity index (χ4n) is 3.78. The van der Waals surface area contributed by atoms with Gasteiger partial charge in [-0.2, -0.15) is 0 Å². The van der Waals surface area contributed by atoms with E-state index in [0.29, 0.717) is 12.3 Å². The highest BCUT2D eigenvalue weighted by atomic mass is 32.2. The normalized spacial score (nSPS) is 20.3. The van der Waals surface area contributed by atoms with Gasteiger partial charge in [-0.05, 0) is 30.5 Å². The smallest absolute Gasteiger partial charge is 0.234 e. The number of aromatic nitrogens is 1. The van der Waals surface area contributed by atoms with E-state index in [1.54, 1.807) is 6.20 Å². The number of pyridine rings is 1. The van der Waals surface area contributed by atoms with Gasteiger partial charge in [-0.1, -0.05) is 36.4 Å². The topological polar surface area (TPSA) is 36.4 Å². The van der Waals surface area contributed by atoms with Gasteiger partial charge >= 0.3 is 0 Å². The highest BCUT2D eigenvalue weighted by molar-refractivity contribution is 8.01. The minimum absolute atomic E-state index is 0.0399. The van der Waals surface area contributed by atoms with Crippen molar-refractivity contribution in [2.24, 2.45) is 0 Å². The number of carbonyl (C=O) groups is 1. The second kappa shape index (κ2) is 7.18. The van der Waals surface area contributed by atoms with E-state index in [1.165, 1.54) is 5.56 Å². The molecule has 2 aliphatic heterocycles. The summed E-state index contributed by atoms with van der Waals surface area (Å²) in [6, 6.07) is 16.5. The molecule has 25 heavy (non-hydrogen) atoms. The monoisotopic (exact) mass is 353 g/mol. The number of carbonyl (C=O) groups excluding carboxylic acids is 1. The first-order chi connectivity index (χ1) is 12.3. The predicted molar refractivity (Wildman–Crippen MR) is 101 cm³/mol. The summed E-state index contributed by atoms with van der Waals surface area (Å²) in [6.45, 7) is 3.70. The van der Waals surface area contributed by atoms with Gasteiger partial charge in [0.05, 0.1) is 22.9 Å². The van der Waals surface area contributed by atoms with Gasteiger partial charge in [0.15, 0.2) is 0 Å². The minimum Gasteiger partial charge on any atom is -0.321 e. The second-order valence-electron chi connectivity index (χ2n) is 6.80. The maximum absolute atomic E-state index is 12.5. The van der Waals surface area contributed by atoms with Crippen LogP contribution in [0.4, 0.5) is 0 Å². The molecule has 130 valence electrons. The number of thioether (sulfide) groups is 1. The van der Waals surface area contributed by atoms with Crippen molar-refractivity contribution in [3.8, 4) is 0 Å². The molecule has 2 saturated heterocycles. The second-order valence-corrected chi connectivity index (χ2v) is 8.13. The molecule has 1 amide bonds. The maximum atomic E-state index is 12.5. The van der Waals surface area contributed by atoms with Gasteiger partial charge in [0, 0.05) is 25.8 Å². The van der Waals surface area contributed by atoms with Crippen molar-refractivity contribution in [2.45, 2.75) is 30.8 Å². The lowest BCUT2D eigenvalue weighted by Crippen LogP contribution is -2.51. The van der Waals surface area contributed by atoms with Crippen molar-refractivity contribution < 1.29 is 4.79 Å². The number of likely N-dealkylation sites (tertiary alicyclic amines) is 1. The van der Waals surface area contributed by atoms with Gasteiger partial charge in [-0.25, -0.2) is 0 Å². The van der Waals surface area contributed by atoms with Crippen molar-refractivity contribution >= 4 is 17.7 Å². The summed E-state index contributed by atoms with van der Waals surface area (Å²) in [5.74, 6) is 0.859. The molecular formula is C20H23N3OS. The van der Waals surface area contributed by atoms with Crippen LogP contribution in [0.2, 0.25) is 0 Å². The molecule has 1 aromatic heterocycles. The first kappa shape index (κ1) is 16.6. The summed E-state index contributed by atoms with van der Waals surface area (Å²) in [6.07, 6.45) is 3.87. The number of nitrogens with zero attached hydrogens (tertiary/aromatic N) is 3. The van der Waals surface area contributed by atoms with Gasteiger partial charge in [0.1, 0.15) is 0 Å². The minimum atomic E-state index is -0.0399. The quantitative estimate of drug-likeness (QED) is 0.846. The highest BCUT2D eigenvalue weighted by Gasteiger charge is 2.47. The Bertz CT molecular complexity index is 714. The summed E-state index contributed by atoms with van der Waals surface area (Å²) in [5.41, 5.74) is 2.34. The van der Waals surface area contributed by atoms with Crippen LogP contribution in [-0.4, -0.2) is 44.4 Å². The van der Waals surface area contributed by atoms with E-state index >= 15 is 0 Å². The molecule has 2 aliphatic rings. The molecule has 3 heterocycles. The van der Waals surface area contributed by atoms with Gasteiger partial charge in [-0.3, -0.25) is 14.7 Å². The molecule has 2 fully saturated rings. The van der Waals surface area contributed by atoms with Crippen LogP contribution in [0.1, 0.15) is 24.1 Å². The Kier molecular flexibility index (Phi) is 4.77. The average Bonchev–Trinajstić information content (AvgIpc) is 2.95. The molecule has 1 aromatic carbocycles. The molecule has 0 unspecified atom stereocenters. The fourth-order valence-corrected chi connectivity index (χ4v) is 5.12. The Hall–Kier alpha value is -1.85. The van der Waals surface area contributed by atoms with Crippen LogP contribution in [0, 0.1) is 0 Å². The number of benzene rings is 1. The Morgan fingerprint density at radius 2 is 1.76 bits per heavy atom. The van der Waals surface area contributed by atoms with E-state index < -0.39 is 0 Å².